The van der Waals surface area contributed by atoms with Gasteiger partial charge in [0, 0.05) is 12.8 Å². The topological polar surface area (TPSA) is 119 Å². The van der Waals surface area contributed by atoms with Crippen molar-refractivity contribution in [2.24, 2.45) is 11.8 Å². The Bertz CT molecular complexity index is 814. The van der Waals surface area contributed by atoms with Gasteiger partial charge in [-0.05, 0) is 24.7 Å². The number of phosphoric ester groups is 1. The highest BCUT2D eigenvalue weighted by atomic mass is 31.2. The first-order valence-electron chi connectivity index (χ1n) is 21.1. The second-order valence-corrected chi connectivity index (χ2v) is 16.6. The second-order valence-electron chi connectivity index (χ2n) is 15.4. The highest BCUT2D eigenvalue weighted by molar-refractivity contribution is 7.46. The number of carbonyl (C=O) groups is 2. The molecule has 0 bridgehead atoms. The van der Waals surface area contributed by atoms with E-state index in [1.807, 2.05) is 0 Å². The molecule has 0 aliphatic rings. The Morgan fingerprint density at radius 2 is 0.880 bits per heavy atom. The van der Waals surface area contributed by atoms with Crippen LogP contribution in [0, 0.1) is 11.8 Å². The fraction of sp³-hybridized carbons (Fsp3) is 0.951. The average Bonchev–Trinajstić information content (AvgIpc) is 3.07. The van der Waals surface area contributed by atoms with E-state index in [2.05, 4.69) is 32.2 Å². The molecule has 0 rings (SSSR count). The van der Waals surface area contributed by atoms with Crippen molar-refractivity contribution in [1.82, 2.24) is 0 Å². The van der Waals surface area contributed by atoms with Crippen LogP contribution in [0.1, 0.15) is 220 Å². The summed E-state index contributed by atoms with van der Waals surface area (Å²) in [7, 11) is -4.75. The number of ether oxygens (including phenoxy) is 2. The van der Waals surface area contributed by atoms with E-state index >= 15 is 0 Å². The molecule has 0 aromatic rings. The number of esters is 2. The Balaban J connectivity index is 3.86. The number of rotatable bonds is 38. The fourth-order valence-corrected chi connectivity index (χ4v) is 6.66. The molecule has 9 heteroatoms. The van der Waals surface area contributed by atoms with E-state index in [0.29, 0.717) is 6.42 Å². The van der Waals surface area contributed by atoms with Crippen molar-refractivity contribution in [3.63, 3.8) is 0 Å². The van der Waals surface area contributed by atoms with Crippen molar-refractivity contribution in [2.45, 2.75) is 226 Å². The normalized spacial score (nSPS) is 13.1. The third-order valence-electron chi connectivity index (χ3n) is 9.84. The molecule has 0 saturated carbocycles. The highest BCUT2D eigenvalue weighted by Gasteiger charge is 2.23. The Kier molecular flexibility index (Phi) is 34.4. The van der Waals surface area contributed by atoms with Gasteiger partial charge in [0.25, 0.3) is 0 Å². The molecule has 0 saturated heterocycles. The van der Waals surface area contributed by atoms with E-state index in [4.69, 9.17) is 19.3 Å². The van der Waals surface area contributed by atoms with Crippen molar-refractivity contribution in [2.75, 3.05) is 13.2 Å². The summed E-state index contributed by atoms with van der Waals surface area (Å²) in [5.74, 6) is 0.816. The SMILES string of the molecule is CCC(C)CCCCCCCCCCCCC(=O)O[C@H](COC(=O)CCCCCCCCCCCCCCCCCC(C)C)COP(=O)(O)O. The summed E-state index contributed by atoms with van der Waals surface area (Å²) >= 11 is 0. The summed E-state index contributed by atoms with van der Waals surface area (Å²) in [5, 5.41) is 0. The van der Waals surface area contributed by atoms with Gasteiger partial charge < -0.3 is 19.3 Å². The van der Waals surface area contributed by atoms with E-state index in [1.165, 1.54) is 135 Å². The van der Waals surface area contributed by atoms with Crippen molar-refractivity contribution >= 4 is 19.8 Å². The van der Waals surface area contributed by atoms with Gasteiger partial charge in [0.2, 0.25) is 0 Å². The van der Waals surface area contributed by atoms with Gasteiger partial charge in [0.1, 0.15) is 6.61 Å². The lowest BCUT2D eigenvalue weighted by atomic mass is 9.99. The van der Waals surface area contributed by atoms with Crippen LogP contribution in [0.5, 0.6) is 0 Å². The second kappa shape index (κ2) is 35.1. The molecule has 0 aliphatic heterocycles. The van der Waals surface area contributed by atoms with Crippen molar-refractivity contribution in [1.29, 1.82) is 0 Å². The Hall–Kier alpha value is -0.950. The maximum Gasteiger partial charge on any atom is 0.469 e. The highest BCUT2D eigenvalue weighted by Crippen LogP contribution is 2.36. The smallest absolute Gasteiger partial charge is 0.462 e. The summed E-state index contributed by atoms with van der Waals surface area (Å²) in [6.07, 6.45) is 33.9. The summed E-state index contributed by atoms with van der Waals surface area (Å²) in [6.45, 7) is 8.40. The molecular formula is C41H81O8P. The van der Waals surface area contributed by atoms with Gasteiger partial charge in [-0.3, -0.25) is 14.1 Å². The molecule has 8 nitrogen and oxygen atoms in total. The quantitative estimate of drug-likeness (QED) is 0.0366. The lowest BCUT2D eigenvalue weighted by Crippen LogP contribution is -2.29. The van der Waals surface area contributed by atoms with Crippen LogP contribution in [0.3, 0.4) is 0 Å². The zero-order chi connectivity index (χ0) is 37.1. The standard InChI is InChI=1S/C41H81O8P/c1-5-38(4)32-28-24-20-16-13-14-18-22-26-30-34-41(43)49-39(36-48-50(44,45)46)35-47-40(42)33-29-25-21-17-12-10-8-6-7-9-11-15-19-23-27-31-37(2)3/h37-39H,5-36H2,1-4H3,(H2,44,45,46)/t38?,39-/m1/s1. The predicted octanol–water partition coefficient (Wildman–Crippen LogP) is 12.6. The molecule has 2 N–H and O–H groups in total. The zero-order valence-electron chi connectivity index (χ0n) is 33.2. The predicted molar refractivity (Wildman–Crippen MR) is 207 cm³/mol. The van der Waals surface area contributed by atoms with Crippen molar-refractivity contribution in [3.05, 3.63) is 0 Å². The van der Waals surface area contributed by atoms with Gasteiger partial charge in [-0.2, -0.15) is 0 Å². The number of carbonyl (C=O) groups excluding carboxylic acids is 2. The van der Waals surface area contributed by atoms with E-state index in [-0.39, 0.29) is 19.4 Å². The van der Waals surface area contributed by atoms with Crippen LogP contribution in [-0.4, -0.2) is 41.0 Å². The van der Waals surface area contributed by atoms with E-state index < -0.39 is 32.5 Å². The Morgan fingerprint density at radius 3 is 1.26 bits per heavy atom. The molecule has 0 aromatic carbocycles. The molecule has 0 heterocycles. The van der Waals surface area contributed by atoms with E-state index in [0.717, 1.165) is 50.4 Å². The van der Waals surface area contributed by atoms with Gasteiger partial charge in [-0.25, -0.2) is 4.57 Å². The van der Waals surface area contributed by atoms with Gasteiger partial charge in [0.15, 0.2) is 6.10 Å². The minimum absolute atomic E-state index is 0.218. The zero-order valence-corrected chi connectivity index (χ0v) is 34.0. The van der Waals surface area contributed by atoms with Crippen molar-refractivity contribution < 1.29 is 37.9 Å². The van der Waals surface area contributed by atoms with Crippen LogP contribution in [0.25, 0.3) is 0 Å². The van der Waals surface area contributed by atoms with Crippen molar-refractivity contribution in [3.8, 4) is 0 Å². The molecule has 0 amide bonds. The molecule has 1 unspecified atom stereocenters. The van der Waals surface area contributed by atoms with E-state index in [9.17, 15) is 14.2 Å². The number of hydrogen-bond donors (Lipinski definition) is 2. The molecule has 0 fully saturated rings. The van der Waals surface area contributed by atoms with Crippen LogP contribution in [0.2, 0.25) is 0 Å². The first kappa shape index (κ1) is 49.0. The molecule has 0 aliphatic carbocycles. The maximum absolute atomic E-state index is 12.4. The third-order valence-corrected chi connectivity index (χ3v) is 10.3. The van der Waals surface area contributed by atoms with Crippen LogP contribution >= 0.6 is 7.82 Å². The lowest BCUT2D eigenvalue weighted by Gasteiger charge is -2.18. The summed E-state index contributed by atoms with van der Waals surface area (Å²) in [6, 6.07) is 0. The minimum atomic E-state index is -4.75. The third kappa shape index (κ3) is 38.3. The lowest BCUT2D eigenvalue weighted by molar-refractivity contribution is -0.161. The largest absolute Gasteiger partial charge is 0.469 e. The maximum atomic E-state index is 12.4. The molecule has 50 heavy (non-hydrogen) atoms. The van der Waals surface area contributed by atoms with Gasteiger partial charge in [-0.1, -0.05) is 195 Å². The number of phosphoric acid groups is 1. The number of unbranched alkanes of at least 4 members (excludes halogenated alkanes) is 23. The molecule has 0 spiro atoms. The Morgan fingerprint density at radius 1 is 0.520 bits per heavy atom. The van der Waals surface area contributed by atoms with Crippen LogP contribution in [-0.2, 0) is 28.2 Å². The van der Waals surface area contributed by atoms with Crippen LogP contribution in [0.4, 0.5) is 0 Å². The first-order valence-corrected chi connectivity index (χ1v) is 22.6. The monoisotopic (exact) mass is 733 g/mol. The molecular weight excluding hydrogens is 651 g/mol. The van der Waals surface area contributed by atoms with Gasteiger partial charge in [0.05, 0.1) is 6.61 Å². The Labute approximate surface area is 308 Å². The fourth-order valence-electron chi connectivity index (χ4n) is 6.30. The first-order chi connectivity index (χ1) is 24.0. The van der Waals surface area contributed by atoms with Crippen LogP contribution < -0.4 is 0 Å². The molecule has 0 radical (unpaired) electrons. The summed E-state index contributed by atoms with van der Waals surface area (Å²) in [5.41, 5.74) is 0. The molecule has 298 valence electrons. The van der Waals surface area contributed by atoms with Gasteiger partial charge >= 0.3 is 19.8 Å². The molecule has 0 aromatic heterocycles. The summed E-state index contributed by atoms with van der Waals surface area (Å²) in [4.78, 5) is 42.8. The average molecular weight is 733 g/mol. The van der Waals surface area contributed by atoms with Crippen LogP contribution in [0.15, 0.2) is 0 Å². The summed E-state index contributed by atoms with van der Waals surface area (Å²) < 4.78 is 26.4. The molecule has 2 atom stereocenters. The minimum Gasteiger partial charge on any atom is -0.462 e. The van der Waals surface area contributed by atoms with E-state index in [1.54, 1.807) is 0 Å². The number of hydrogen-bond acceptors (Lipinski definition) is 6. The van der Waals surface area contributed by atoms with Gasteiger partial charge in [-0.15, -0.1) is 0 Å².